The standard InChI is InChI=1S/C18H20N2OS/c19-14-11-10-13(12-14)18(21)20-16-8-4-5-9-17(16)22-15-6-2-1-3-7-15/h1-9,13-14H,10-12,19H2,(H,20,21). The summed E-state index contributed by atoms with van der Waals surface area (Å²) >= 11 is 1.66. The third-order valence-electron chi connectivity index (χ3n) is 3.96. The number of carbonyl (C=O) groups is 1. The molecule has 0 spiro atoms. The molecule has 0 bridgehead atoms. The second-order valence-corrected chi connectivity index (χ2v) is 6.79. The van der Waals surface area contributed by atoms with Gasteiger partial charge in [-0.1, -0.05) is 42.1 Å². The van der Waals surface area contributed by atoms with Crippen molar-refractivity contribution in [3.05, 3.63) is 54.6 Å². The zero-order chi connectivity index (χ0) is 15.4. The summed E-state index contributed by atoms with van der Waals surface area (Å²) in [5.74, 6) is 0.138. The Morgan fingerprint density at radius 1 is 1.05 bits per heavy atom. The highest BCUT2D eigenvalue weighted by molar-refractivity contribution is 7.99. The summed E-state index contributed by atoms with van der Waals surface area (Å²) in [5.41, 5.74) is 6.78. The van der Waals surface area contributed by atoms with Gasteiger partial charge in [0.1, 0.15) is 0 Å². The van der Waals surface area contributed by atoms with Gasteiger partial charge >= 0.3 is 0 Å². The maximum atomic E-state index is 12.4. The minimum absolute atomic E-state index is 0.0461. The van der Waals surface area contributed by atoms with Gasteiger partial charge < -0.3 is 11.1 Å². The van der Waals surface area contributed by atoms with Gasteiger partial charge in [-0.15, -0.1) is 0 Å². The second kappa shape index (κ2) is 6.99. The molecule has 1 amide bonds. The van der Waals surface area contributed by atoms with E-state index in [0.717, 1.165) is 34.7 Å². The normalized spacial score (nSPS) is 20.8. The van der Waals surface area contributed by atoms with Crippen molar-refractivity contribution in [2.45, 2.75) is 35.1 Å². The largest absolute Gasteiger partial charge is 0.328 e. The Morgan fingerprint density at radius 2 is 1.77 bits per heavy atom. The molecule has 1 fully saturated rings. The first-order chi connectivity index (χ1) is 10.7. The predicted octanol–water partition coefficient (Wildman–Crippen LogP) is 3.90. The smallest absolute Gasteiger partial charge is 0.227 e. The van der Waals surface area contributed by atoms with Crippen molar-refractivity contribution in [1.29, 1.82) is 0 Å². The fourth-order valence-corrected chi connectivity index (χ4v) is 3.69. The van der Waals surface area contributed by atoms with Crippen molar-refractivity contribution in [1.82, 2.24) is 0 Å². The van der Waals surface area contributed by atoms with Crippen LogP contribution >= 0.6 is 11.8 Å². The second-order valence-electron chi connectivity index (χ2n) is 5.67. The van der Waals surface area contributed by atoms with Gasteiger partial charge in [-0.3, -0.25) is 4.79 Å². The predicted molar refractivity (Wildman–Crippen MR) is 91.0 cm³/mol. The van der Waals surface area contributed by atoms with E-state index in [0.29, 0.717) is 0 Å². The van der Waals surface area contributed by atoms with Crippen LogP contribution in [0.3, 0.4) is 0 Å². The Balaban J connectivity index is 1.72. The number of anilines is 1. The SMILES string of the molecule is NC1CCC(C(=O)Nc2ccccc2Sc2ccccc2)C1. The van der Waals surface area contributed by atoms with Crippen LogP contribution < -0.4 is 11.1 Å². The van der Waals surface area contributed by atoms with Gasteiger partial charge in [-0.25, -0.2) is 0 Å². The highest BCUT2D eigenvalue weighted by atomic mass is 32.2. The Hall–Kier alpha value is -1.78. The van der Waals surface area contributed by atoms with Crippen molar-refractivity contribution >= 4 is 23.4 Å². The maximum absolute atomic E-state index is 12.4. The third-order valence-corrected chi connectivity index (χ3v) is 5.04. The summed E-state index contributed by atoms with van der Waals surface area (Å²) in [6.45, 7) is 0. The average Bonchev–Trinajstić information content (AvgIpc) is 2.97. The molecule has 0 aromatic heterocycles. The van der Waals surface area contributed by atoms with Gasteiger partial charge in [-0.2, -0.15) is 0 Å². The molecule has 3 nitrogen and oxygen atoms in total. The van der Waals surface area contributed by atoms with E-state index in [1.54, 1.807) is 11.8 Å². The lowest BCUT2D eigenvalue weighted by molar-refractivity contribution is -0.119. The first-order valence-corrected chi connectivity index (χ1v) is 8.42. The number of nitrogens with two attached hydrogens (primary N) is 1. The molecular formula is C18H20N2OS. The summed E-state index contributed by atoms with van der Waals surface area (Å²) in [6, 6.07) is 18.3. The van der Waals surface area contributed by atoms with E-state index in [1.807, 2.05) is 42.5 Å². The maximum Gasteiger partial charge on any atom is 0.227 e. The monoisotopic (exact) mass is 312 g/mol. The number of rotatable bonds is 4. The van der Waals surface area contributed by atoms with E-state index in [1.165, 1.54) is 0 Å². The number of amides is 1. The minimum atomic E-state index is 0.0461. The van der Waals surface area contributed by atoms with E-state index < -0.39 is 0 Å². The molecule has 2 atom stereocenters. The van der Waals surface area contributed by atoms with Gasteiger partial charge in [0.25, 0.3) is 0 Å². The van der Waals surface area contributed by atoms with Gasteiger partial charge in [0.05, 0.1) is 5.69 Å². The van der Waals surface area contributed by atoms with E-state index in [4.69, 9.17) is 5.73 Å². The van der Waals surface area contributed by atoms with Crippen LogP contribution in [0.4, 0.5) is 5.69 Å². The first-order valence-electron chi connectivity index (χ1n) is 7.61. The molecule has 1 aliphatic rings. The molecule has 4 heteroatoms. The van der Waals surface area contributed by atoms with Crippen LogP contribution in [-0.4, -0.2) is 11.9 Å². The van der Waals surface area contributed by atoms with Crippen LogP contribution in [0.2, 0.25) is 0 Å². The van der Waals surface area contributed by atoms with Gasteiger partial charge in [-0.05, 0) is 43.5 Å². The Bertz CT molecular complexity index is 645. The topological polar surface area (TPSA) is 55.1 Å². The van der Waals surface area contributed by atoms with Crippen molar-refractivity contribution < 1.29 is 4.79 Å². The molecule has 1 saturated carbocycles. The Labute approximate surface area is 135 Å². The molecule has 0 saturated heterocycles. The van der Waals surface area contributed by atoms with Crippen LogP contribution in [0.15, 0.2) is 64.4 Å². The molecule has 0 aliphatic heterocycles. The number of hydrogen-bond donors (Lipinski definition) is 2. The molecule has 2 unspecified atom stereocenters. The lowest BCUT2D eigenvalue weighted by Crippen LogP contribution is -2.23. The molecule has 0 heterocycles. The van der Waals surface area contributed by atoms with Crippen LogP contribution in [0.1, 0.15) is 19.3 Å². The molecule has 3 N–H and O–H groups in total. The van der Waals surface area contributed by atoms with Crippen LogP contribution in [0, 0.1) is 5.92 Å². The summed E-state index contributed by atoms with van der Waals surface area (Å²) in [4.78, 5) is 14.6. The van der Waals surface area contributed by atoms with Gasteiger partial charge in [0.15, 0.2) is 0 Å². The van der Waals surface area contributed by atoms with E-state index in [2.05, 4.69) is 17.4 Å². The highest BCUT2D eigenvalue weighted by Gasteiger charge is 2.28. The van der Waals surface area contributed by atoms with Crippen molar-refractivity contribution in [3.63, 3.8) is 0 Å². The van der Waals surface area contributed by atoms with Crippen LogP contribution in [-0.2, 0) is 4.79 Å². The summed E-state index contributed by atoms with van der Waals surface area (Å²) in [5, 5.41) is 3.08. The molecular weight excluding hydrogens is 292 g/mol. The lowest BCUT2D eigenvalue weighted by Gasteiger charge is -2.14. The molecule has 114 valence electrons. The Kier molecular flexibility index (Phi) is 4.80. The summed E-state index contributed by atoms with van der Waals surface area (Å²) in [7, 11) is 0. The quantitative estimate of drug-likeness (QED) is 0.900. The third kappa shape index (κ3) is 3.70. The van der Waals surface area contributed by atoms with Crippen LogP contribution in [0.25, 0.3) is 0 Å². The Morgan fingerprint density at radius 3 is 2.50 bits per heavy atom. The number of para-hydroxylation sites is 1. The van der Waals surface area contributed by atoms with Crippen molar-refractivity contribution in [3.8, 4) is 0 Å². The highest BCUT2D eigenvalue weighted by Crippen LogP contribution is 2.34. The van der Waals surface area contributed by atoms with Crippen molar-refractivity contribution in [2.24, 2.45) is 11.7 Å². The lowest BCUT2D eigenvalue weighted by atomic mass is 10.1. The molecule has 3 rings (SSSR count). The number of carbonyl (C=O) groups excluding carboxylic acids is 1. The average molecular weight is 312 g/mol. The first kappa shape index (κ1) is 15.1. The number of benzene rings is 2. The van der Waals surface area contributed by atoms with E-state index in [-0.39, 0.29) is 17.9 Å². The molecule has 22 heavy (non-hydrogen) atoms. The van der Waals surface area contributed by atoms with E-state index >= 15 is 0 Å². The number of nitrogens with one attached hydrogen (secondary N) is 1. The van der Waals surface area contributed by atoms with E-state index in [9.17, 15) is 4.79 Å². The van der Waals surface area contributed by atoms with Crippen molar-refractivity contribution in [2.75, 3.05) is 5.32 Å². The molecule has 2 aromatic carbocycles. The van der Waals surface area contributed by atoms with Gasteiger partial charge in [0, 0.05) is 21.8 Å². The number of hydrogen-bond acceptors (Lipinski definition) is 3. The summed E-state index contributed by atoms with van der Waals surface area (Å²) < 4.78 is 0. The molecule has 0 radical (unpaired) electrons. The summed E-state index contributed by atoms with van der Waals surface area (Å²) in [6.07, 6.45) is 2.62. The minimum Gasteiger partial charge on any atom is -0.328 e. The molecule has 2 aromatic rings. The van der Waals surface area contributed by atoms with Crippen LogP contribution in [0.5, 0.6) is 0 Å². The molecule has 1 aliphatic carbocycles. The fourth-order valence-electron chi connectivity index (χ4n) is 2.76. The zero-order valence-corrected chi connectivity index (χ0v) is 13.2. The zero-order valence-electron chi connectivity index (χ0n) is 12.4. The fraction of sp³-hybridized carbons (Fsp3) is 0.278. The van der Waals surface area contributed by atoms with Gasteiger partial charge in [0.2, 0.25) is 5.91 Å².